The van der Waals surface area contributed by atoms with E-state index in [-0.39, 0.29) is 0 Å². The second kappa shape index (κ2) is 8.96. The second-order valence-electron chi connectivity index (χ2n) is 5.55. The van der Waals surface area contributed by atoms with Gasteiger partial charge in [-0.3, -0.25) is 4.68 Å². The van der Waals surface area contributed by atoms with Crippen molar-refractivity contribution in [2.24, 2.45) is 5.92 Å². The normalized spacial score (nSPS) is 13.2. The van der Waals surface area contributed by atoms with Crippen LogP contribution >= 0.6 is 23.4 Å². The Kier molecular flexibility index (Phi) is 8.00. The lowest BCUT2D eigenvalue weighted by Crippen LogP contribution is -2.34. The number of rotatable bonds is 9. The molecule has 5 heteroatoms. The van der Waals surface area contributed by atoms with E-state index in [1.807, 2.05) is 23.4 Å². The number of nitrogens with one attached hydrogen (secondary N) is 1. The summed E-state index contributed by atoms with van der Waals surface area (Å²) in [4.78, 5) is 0. The van der Waals surface area contributed by atoms with Gasteiger partial charge in [0.1, 0.15) is 0 Å². The van der Waals surface area contributed by atoms with Crippen LogP contribution in [0.15, 0.2) is 0 Å². The number of thioether (sulfide) groups is 1. The molecule has 0 aromatic carbocycles. The standard InChI is InChI=1S/C15H28ClN3S/c1-6-17-13(10-20-9-11(3)4)8-14-15(16)12(5)18-19(14)7-2/h11,13,17H,6-10H2,1-5H3. The van der Waals surface area contributed by atoms with Crippen LogP contribution in [0.3, 0.4) is 0 Å². The summed E-state index contributed by atoms with van der Waals surface area (Å²) in [6.07, 6.45) is 0.951. The van der Waals surface area contributed by atoms with Crippen molar-refractivity contribution in [3.05, 3.63) is 16.4 Å². The summed E-state index contributed by atoms with van der Waals surface area (Å²) < 4.78 is 2.04. The fourth-order valence-corrected chi connectivity index (χ4v) is 3.56. The van der Waals surface area contributed by atoms with Gasteiger partial charge in [0.05, 0.1) is 16.4 Å². The Morgan fingerprint density at radius 2 is 2.00 bits per heavy atom. The maximum atomic E-state index is 6.40. The summed E-state index contributed by atoms with van der Waals surface area (Å²) in [5.74, 6) is 3.08. The van der Waals surface area contributed by atoms with Crippen LogP contribution in [-0.4, -0.2) is 33.9 Å². The molecule has 1 rings (SSSR count). The molecule has 116 valence electrons. The first-order chi connectivity index (χ1) is 9.49. The Morgan fingerprint density at radius 1 is 1.30 bits per heavy atom. The molecule has 0 amide bonds. The smallest absolute Gasteiger partial charge is 0.0847 e. The highest BCUT2D eigenvalue weighted by Gasteiger charge is 2.17. The molecule has 0 radical (unpaired) electrons. The first kappa shape index (κ1) is 17.9. The number of aryl methyl sites for hydroxylation is 2. The van der Waals surface area contributed by atoms with Gasteiger partial charge in [0, 0.05) is 24.8 Å². The van der Waals surface area contributed by atoms with E-state index in [0.29, 0.717) is 6.04 Å². The van der Waals surface area contributed by atoms with Gasteiger partial charge in [0.25, 0.3) is 0 Å². The van der Waals surface area contributed by atoms with Gasteiger partial charge < -0.3 is 5.32 Å². The second-order valence-corrected chi connectivity index (χ2v) is 7.00. The molecular formula is C15H28ClN3S. The Balaban J connectivity index is 2.69. The molecule has 0 fully saturated rings. The summed E-state index contributed by atoms with van der Waals surface area (Å²) in [5, 5.41) is 8.91. The van der Waals surface area contributed by atoms with Crippen molar-refractivity contribution in [2.75, 3.05) is 18.1 Å². The minimum absolute atomic E-state index is 0.461. The quantitative estimate of drug-likeness (QED) is 0.752. The fraction of sp³-hybridized carbons (Fsp3) is 0.800. The highest BCUT2D eigenvalue weighted by Crippen LogP contribution is 2.22. The van der Waals surface area contributed by atoms with Crippen LogP contribution in [0.4, 0.5) is 0 Å². The largest absolute Gasteiger partial charge is 0.313 e. The van der Waals surface area contributed by atoms with Crippen molar-refractivity contribution in [3.8, 4) is 0 Å². The topological polar surface area (TPSA) is 29.9 Å². The lowest BCUT2D eigenvalue weighted by Gasteiger charge is -2.19. The molecule has 0 saturated carbocycles. The van der Waals surface area contributed by atoms with Gasteiger partial charge >= 0.3 is 0 Å². The van der Waals surface area contributed by atoms with Crippen LogP contribution in [0.1, 0.15) is 39.1 Å². The van der Waals surface area contributed by atoms with E-state index in [9.17, 15) is 0 Å². The van der Waals surface area contributed by atoms with E-state index in [4.69, 9.17) is 11.6 Å². The lowest BCUT2D eigenvalue weighted by molar-refractivity contribution is 0.533. The highest BCUT2D eigenvalue weighted by molar-refractivity contribution is 7.99. The van der Waals surface area contributed by atoms with Crippen molar-refractivity contribution in [1.29, 1.82) is 0 Å². The van der Waals surface area contributed by atoms with Crippen LogP contribution in [0.2, 0.25) is 5.02 Å². The minimum Gasteiger partial charge on any atom is -0.313 e. The third kappa shape index (κ3) is 5.30. The van der Waals surface area contributed by atoms with Gasteiger partial charge in [-0.15, -0.1) is 0 Å². The van der Waals surface area contributed by atoms with Gasteiger partial charge in [-0.25, -0.2) is 0 Å². The zero-order chi connectivity index (χ0) is 15.1. The van der Waals surface area contributed by atoms with Crippen molar-refractivity contribution < 1.29 is 0 Å². The molecule has 0 saturated heterocycles. The Labute approximate surface area is 132 Å². The molecule has 0 aliphatic heterocycles. The van der Waals surface area contributed by atoms with Crippen LogP contribution in [0, 0.1) is 12.8 Å². The number of aromatic nitrogens is 2. The molecule has 1 aromatic heterocycles. The van der Waals surface area contributed by atoms with Gasteiger partial charge in [-0.2, -0.15) is 16.9 Å². The molecule has 0 spiro atoms. The summed E-state index contributed by atoms with van der Waals surface area (Å²) in [7, 11) is 0. The third-order valence-corrected chi connectivity index (χ3v) is 5.19. The average molecular weight is 318 g/mol. The highest BCUT2D eigenvalue weighted by atomic mass is 35.5. The van der Waals surface area contributed by atoms with Crippen LogP contribution < -0.4 is 5.32 Å². The first-order valence-corrected chi connectivity index (χ1v) is 9.05. The van der Waals surface area contributed by atoms with E-state index < -0.39 is 0 Å². The van der Waals surface area contributed by atoms with Crippen molar-refractivity contribution in [2.45, 2.75) is 53.6 Å². The van der Waals surface area contributed by atoms with E-state index in [1.165, 1.54) is 11.4 Å². The Hall–Kier alpha value is -0.190. The Morgan fingerprint density at radius 3 is 2.55 bits per heavy atom. The zero-order valence-electron chi connectivity index (χ0n) is 13.4. The summed E-state index contributed by atoms with van der Waals surface area (Å²) >= 11 is 8.42. The number of likely N-dealkylation sites (N-methyl/N-ethyl adjacent to an activating group) is 1. The summed E-state index contributed by atoms with van der Waals surface area (Å²) in [5.41, 5.74) is 2.11. The molecule has 0 aliphatic carbocycles. The predicted molar refractivity (Wildman–Crippen MR) is 91.0 cm³/mol. The zero-order valence-corrected chi connectivity index (χ0v) is 14.9. The third-order valence-electron chi connectivity index (χ3n) is 3.16. The van der Waals surface area contributed by atoms with Crippen LogP contribution in [0.5, 0.6) is 0 Å². The lowest BCUT2D eigenvalue weighted by atomic mass is 10.1. The van der Waals surface area contributed by atoms with Crippen molar-refractivity contribution >= 4 is 23.4 Å². The molecule has 1 heterocycles. The van der Waals surface area contributed by atoms with E-state index in [2.05, 4.69) is 38.1 Å². The number of halogens is 1. The minimum atomic E-state index is 0.461. The molecule has 1 aromatic rings. The molecule has 3 nitrogen and oxygen atoms in total. The number of nitrogens with zero attached hydrogens (tertiary/aromatic N) is 2. The van der Waals surface area contributed by atoms with E-state index in [0.717, 1.165) is 41.9 Å². The van der Waals surface area contributed by atoms with Crippen molar-refractivity contribution in [1.82, 2.24) is 15.1 Å². The molecule has 20 heavy (non-hydrogen) atoms. The Bertz CT molecular complexity index is 404. The van der Waals surface area contributed by atoms with Gasteiger partial charge in [0.2, 0.25) is 0 Å². The predicted octanol–water partition coefficient (Wildman–Crippen LogP) is 3.77. The number of hydrogen-bond acceptors (Lipinski definition) is 3. The van der Waals surface area contributed by atoms with Gasteiger partial charge in [0.15, 0.2) is 0 Å². The number of hydrogen-bond donors (Lipinski definition) is 1. The monoisotopic (exact) mass is 317 g/mol. The molecule has 1 N–H and O–H groups in total. The van der Waals surface area contributed by atoms with Crippen LogP contribution in [0.25, 0.3) is 0 Å². The average Bonchev–Trinajstić information content (AvgIpc) is 2.66. The maximum absolute atomic E-state index is 6.40. The van der Waals surface area contributed by atoms with Gasteiger partial charge in [-0.05, 0) is 32.1 Å². The molecule has 1 unspecified atom stereocenters. The molecular weight excluding hydrogens is 290 g/mol. The molecule has 1 atom stereocenters. The SMILES string of the molecule is CCNC(CSCC(C)C)Cc1c(Cl)c(C)nn1CC. The van der Waals surface area contributed by atoms with E-state index in [1.54, 1.807) is 0 Å². The summed E-state index contributed by atoms with van der Waals surface area (Å²) in [6.45, 7) is 12.6. The van der Waals surface area contributed by atoms with E-state index >= 15 is 0 Å². The maximum Gasteiger partial charge on any atom is 0.0847 e. The van der Waals surface area contributed by atoms with Gasteiger partial charge in [-0.1, -0.05) is 32.4 Å². The summed E-state index contributed by atoms with van der Waals surface area (Å²) in [6, 6.07) is 0.461. The molecule has 0 bridgehead atoms. The van der Waals surface area contributed by atoms with Crippen LogP contribution in [-0.2, 0) is 13.0 Å². The fourth-order valence-electron chi connectivity index (χ4n) is 2.22. The molecule has 0 aliphatic rings. The van der Waals surface area contributed by atoms with Crippen molar-refractivity contribution in [3.63, 3.8) is 0 Å². The first-order valence-electron chi connectivity index (χ1n) is 7.52.